The maximum Gasteiger partial charge on any atom is 0.472 e. The van der Waals surface area contributed by atoms with Gasteiger partial charge in [-0.1, -0.05) is 342 Å². The highest BCUT2D eigenvalue weighted by Crippen LogP contribution is 2.49. The van der Waals surface area contributed by atoms with Crippen LogP contribution in [0.1, 0.15) is 407 Å². The van der Waals surface area contributed by atoms with Crippen molar-refractivity contribution < 1.29 is 122 Å². The first kappa shape index (κ1) is 108. The Balaban J connectivity index is 1.91. The number of rotatable bonds is 76. The molecule has 0 bridgehead atoms. The third-order valence-electron chi connectivity index (χ3n) is 23.4. The van der Waals surface area contributed by atoms with Crippen molar-refractivity contribution in [2.45, 2.75) is 511 Å². The van der Waals surface area contributed by atoms with Crippen molar-refractivity contribution in [1.82, 2.24) is 0 Å². The van der Waals surface area contributed by atoms with Crippen molar-refractivity contribution in [1.29, 1.82) is 0 Å². The van der Waals surface area contributed by atoms with E-state index in [2.05, 4.69) is 46.8 Å². The third-order valence-corrected chi connectivity index (χ3v) is 24.4. The molecule has 25 nitrogen and oxygen atoms in total. The van der Waals surface area contributed by atoms with Gasteiger partial charge in [0.15, 0.2) is 24.8 Å². The Morgan fingerprint density at radius 3 is 1.11 bits per heavy atom. The smallest absolute Gasteiger partial charge is 0.463 e. The number of esters is 4. The van der Waals surface area contributed by atoms with Crippen molar-refractivity contribution in [2.24, 2.45) is 5.92 Å². The van der Waals surface area contributed by atoms with Crippen LogP contribution in [0.25, 0.3) is 0 Å². The largest absolute Gasteiger partial charge is 0.472 e. The zero-order chi connectivity index (χ0) is 85.5. The summed E-state index contributed by atoms with van der Waals surface area (Å²) < 4.78 is 73.4. The van der Waals surface area contributed by atoms with Crippen molar-refractivity contribution >= 4 is 31.7 Å². The maximum atomic E-state index is 14.9. The molecule has 0 spiro atoms. The summed E-state index contributed by atoms with van der Waals surface area (Å²) in [6.07, 6.45) is 26.5. The quantitative estimate of drug-likeness (QED) is 0.00889. The van der Waals surface area contributed by atoms with Gasteiger partial charge in [0.1, 0.15) is 92.6 Å². The van der Waals surface area contributed by atoms with Gasteiger partial charge in [0.25, 0.3) is 0 Å². The maximum absolute atomic E-state index is 14.9. The molecular formula is C91H169O25P. The zero-order valence-corrected chi connectivity index (χ0v) is 74.3. The van der Waals surface area contributed by atoms with E-state index < -0.39 is 162 Å². The summed E-state index contributed by atoms with van der Waals surface area (Å²) in [5.41, 5.74) is 0. The minimum Gasteiger partial charge on any atom is -0.463 e. The van der Waals surface area contributed by atoms with Crippen LogP contribution in [-0.4, -0.2) is 205 Å². The second-order valence-corrected chi connectivity index (χ2v) is 35.6. The molecule has 0 aromatic rings. The molecular weight excluding hydrogens is 1520 g/mol. The Morgan fingerprint density at radius 2 is 0.692 bits per heavy atom. The van der Waals surface area contributed by atoms with Crippen LogP contribution in [0.4, 0.5) is 0 Å². The number of allylic oxidation sites excluding steroid dienone is 2. The van der Waals surface area contributed by atoms with Crippen molar-refractivity contribution in [3.63, 3.8) is 0 Å². The molecule has 2 aliphatic heterocycles. The van der Waals surface area contributed by atoms with E-state index >= 15 is 0 Å². The number of aliphatic hydroxyl groups excluding tert-OH is 9. The second kappa shape index (κ2) is 69.5. The van der Waals surface area contributed by atoms with Crippen LogP contribution in [-0.2, 0) is 70.7 Å². The van der Waals surface area contributed by atoms with E-state index in [1.807, 2.05) is 0 Å². The lowest BCUT2D eigenvalue weighted by Crippen LogP contribution is -2.70. The van der Waals surface area contributed by atoms with E-state index in [1.165, 1.54) is 186 Å². The van der Waals surface area contributed by atoms with Gasteiger partial charge >= 0.3 is 31.7 Å². The minimum atomic E-state index is -5.81. The van der Waals surface area contributed by atoms with Crippen LogP contribution >= 0.6 is 7.82 Å². The molecule has 0 aromatic carbocycles. The Bertz CT molecular complexity index is 2500. The average molecular weight is 1690 g/mol. The summed E-state index contributed by atoms with van der Waals surface area (Å²) in [5.74, 6) is -2.29. The van der Waals surface area contributed by atoms with Gasteiger partial charge in [0.05, 0.1) is 13.2 Å². The number of phosphoric ester groups is 1. The van der Waals surface area contributed by atoms with Crippen LogP contribution < -0.4 is 0 Å². The molecule has 3 rings (SSSR count). The van der Waals surface area contributed by atoms with Crippen LogP contribution in [0.15, 0.2) is 12.2 Å². The van der Waals surface area contributed by atoms with Gasteiger partial charge in [0.2, 0.25) is 0 Å². The lowest BCUT2D eigenvalue weighted by Gasteiger charge is -2.50. The van der Waals surface area contributed by atoms with Crippen LogP contribution in [0.2, 0.25) is 0 Å². The molecule has 0 amide bonds. The number of hydrogen-bond acceptors (Lipinski definition) is 24. The number of phosphoric acid groups is 1. The van der Waals surface area contributed by atoms with E-state index in [1.54, 1.807) is 0 Å². The molecule has 1 saturated carbocycles. The topological polar surface area (TPSA) is 380 Å². The first-order chi connectivity index (χ1) is 56.6. The molecule has 10 N–H and O–H groups in total. The molecule has 0 aromatic heterocycles. The summed E-state index contributed by atoms with van der Waals surface area (Å²) in [6, 6.07) is 0. The van der Waals surface area contributed by atoms with Gasteiger partial charge in [-0.2, -0.15) is 0 Å². The highest BCUT2D eigenvalue weighted by atomic mass is 31.2. The zero-order valence-electron chi connectivity index (χ0n) is 73.4. The summed E-state index contributed by atoms with van der Waals surface area (Å²) in [7, 11) is -5.81. The van der Waals surface area contributed by atoms with Crippen molar-refractivity contribution in [3.8, 4) is 0 Å². The lowest BCUT2D eigenvalue weighted by atomic mass is 9.84. The predicted molar refractivity (Wildman–Crippen MR) is 453 cm³/mol. The summed E-state index contributed by atoms with van der Waals surface area (Å²) >= 11 is 0. The van der Waals surface area contributed by atoms with Gasteiger partial charge in [-0.25, -0.2) is 4.57 Å². The summed E-state index contributed by atoms with van der Waals surface area (Å²) in [6.45, 7) is 7.91. The number of aliphatic hydroxyl groups is 9. The highest BCUT2D eigenvalue weighted by Gasteiger charge is 2.60. The van der Waals surface area contributed by atoms with Crippen LogP contribution in [0.5, 0.6) is 0 Å². The Morgan fingerprint density at radius 1 is 0.359 bits per heavy atom. The molecule has 0 radical (unpaired) electrons. The molecule has 2 heterocycles. The molecule has 1 aliphatic carbocycles. The van der Waals surface area contributed by atoms with E-state index in [0.29, 0.717) is 44.4 Å². The normalized spacial score (nSPS) is 25.3. The second-order valence-electron chi connectivity index (χ2n) is 34.2. The third kappa shape index (κ3) is 50.1. The molecule has 19 atom stereocenters. The highest BCUT2D eigenvalue weighted by molar-refractivity contribution is 7.47. The van der Waals surface area contributed by atoms with E-state index in [0.717, 1.165) is 122 Å². The van der Waals surface area contributed by atoms with Gasteiger partial charge in [-0.05, 0) is 57.3 Å². The fraction of sp³-hybridized carbons (Fsp3) is 0.934. The number of carbonyl (C=O) groups excluding carboxylic acids is 4. The fourth-order valence-corrected chi connectivity index (χ4v) is 16.8. The first-order valence-corrected chi connectivity index (χ1v) is 48.8. The Hall–Kier alpha value is -2.79. The van der Waals surface area contributed by atoms with E-state index in [9.17, 15) is 74.6 Å². The first-order valence-electron chi connectivity index (χ1n) is 47.3. The molecule has 117 heavy (non-hydrogen) atoms. The Kier molecular flexibility index (Phi) is 64.4. The van der Waals surface area contributed by atoms with E-state index in [4.69, 9.17) is 46.9 Å². The van der Waals surface area contributed by atoms with Crippen molar-refractivity contribution in [2.75, 3.05) is 26.4 Å². The van der Waals surface area contributed by atoms with Gasteiger partial charge in [-0.3, -0.25) is 28.2 Å². The number of carbonyl (C=O) groups is 4. The lowest BCUT2D eigenvalue weighted by molar-refractivity contribution is -0.360. The fourth-order valence-electron chi connectivity index (χ4n) is 15.8. The SMILES string of the molecule is CCCCCCCC/C=C\CCCCCC(=O)OC(COC(=O)CCCCCCCCCCCCCCCCCC)COP(=O)(O)OC1C(OC2OC(CO)C(O)C(O)C2O)C(O)C(O)C(OC(=O)CCCCCCCCCCCCCCC)C1OC1OC(COC(=O)CCCCCCCCC(C)CCCCCCCC)C(O)C(O)C1O. The van der Waals surface area contributed by atoms with Gasteiger partial charge < -0.3 is 88.7 Å². The monoisotopic (exact) mass is 1690 g/mol. The standard InChI is InChI=1S/C91H169O25P/c1-6-10-14-18-22-25-28-31-32-33-36-37-40-43-50-56-62-74(93)107-67-71(110-76(95)64-58-52-44-41-38-34-29-26-23-19-15-11-7-2)68-109-117(105,106)116-89-87(114-90-84(103)80(99)78(97)72(66-92)111-90)83(102)82(101)86(113-77(96)65-59-53-45-42-39-35-30-27-24-20-16-12-8-3)88(89)115-91-85(104)81(100)79(98)73(112-91)69-108-75(94)63-57-51-47-46-49-55-61-70(5)60-54-48-21-17-13-9-4/h34,38,70-73,78-92,97-104H,6-33,35-37,39-69H2,1-5H3,(H,105,106)/b38-34-. The van der Waals surface area contributed by atoms with Crippen LogP contribution in [0, 0.1) is 5.92 Å². The summed E-state index contributed by atoms with van der Waals surface area (Å²) in [5, 5.41) is 102. The molecule has 2 saturated heterocycles. The van der Waals surface area contributed by atoms with Gasteiger partial charge in [-0.15, -0.1) is 0 Å². The van der Waals surface area contributed by atoms with Gasteiger partial charge in [0, 0.05) is 25.7 Å². The molecule has 688 valence electrons. The number of hydrogen-bond donors (Lipinski definition) is 10. The average Bonchev–Trinajstić information content (AvgIpc) is 0.754. The molecule has 3 fully saturated rings. The Labute approximate surface area is 705 Å². The summed E-state index contributed by atoms with van der Waals surface area (Å²) in [4.78, 5) is 66.5. The molecule has 3 aliphatic rings. The number of unbranched alkanes of at least 4 members (excludes halogenated alkanes) is 46. The minimum absolute atomic E-state index is 0.0155. The van der Waals surface area contributed by atoms with Crippen molar-refractivity contribution in [3.05, 3.63) is 12.2 Å². The molecule has 19 unspecified atom stereocenters. The number of ether oxygens (including phenoxy) is 8. The van der Waals surface area contributed by atoms with E-state index in [-0.39, 0.29) is 25.7 Å². The predicted octanol–water partition coefficient (Wildman–Crippen LogP) is 17.4. The molecule has 26 heteroatoms. The van der Waals surface area contributed by atoms with Crippen LogP contribution in [0.3, 0.4) is 0 Å².